The highest BCUT2D eigenvalue weighted by Crippen LogP contribution is 2.54. The Morgan fingerprint density at radius 3 is 2.32 bits per heavy atom. The highest BCUT2D eigenvalue weighted by Gasteiger charge is 2.47. The van der Waals surface area contributed by atoms with Crippen molar-refractivity contribution in [2.45, 2.75) is 19.3 Å². The van der Waals surface area contributed by atoms with Crippen LogP contribution in [0, 0.1) is 17.8 Å². The van der Waals surface area contributed by atoms with E-state index in [0.717, 1.165) is 24.7 Å². The van der Waals surface area contributed by atoms with Crippen LogP contribution in [0.1, 0.15) is 19.3 Å². The van der Waals surface area contributed by atoms with E-state index in [-0.39, 0.29) is 11.8 Å². The molecule has 0 saturated heterocycles. The maximum Gasteiger partial charge on any atom is 0.316 e. The number of nitrogens with one attached hydrogen (secondary N) is 2. The Labute approximate surface area is 111 Å². The van der Waals surface area contributed by atoms with Crippen LogP contribution in [0.15, 0.2) is 24.3 Å². The molecule has 3 rings (SSSR count). The van der Waals surface area contributed by atoms with Crippen LogP contribution >= 0.6 is 0 Å². The summed E-state index contributed by atoms with van der Waals surface area (Å²) in [6, 6.07) is 6.40. The van der Waals surface area contributed by atoms with E-state index in [0.29, 0.717) is 11.4 Å². The SMILES string of the molecule is NC(=O)Nc1cccc(NC(=O)C2CC3CC3C2)c1. The lowest BCUT2D eigenvalue weighted by atomic mass is 10.0. The summed E-state index contributed by atoms with van der Waals surface area (Å²) in [5.41, 5.74) is 6.33. The van der Waals surface area contributed by atoms with Gasteiger partial charge in [0.1, 0.15) is 0 Å². The maximum absolute atomic E-state index is 12.1. The molecular weight excluding hydrogens is 242 g/mol. The molecule has 0 heterocycles. The van der Waals surface area contributed by atoms with Gasteiger partial charge in [0.15, 0.2) is 0 Å². The fraction of sp³-hybridized carbons (Fsp3) is 0.429. The molecule has 3 amide bonds. The first kappa shape index (κ1) is 12.0. The Morgan fingerprint density at radius 1 is 1.05 bits per heavy atom. The third kappa shape index (κ3) is 2.70. The number of rotatable bonds is 3. The van der Waals surface area contributed by atoms with E-state index >= 15 is 0 Å². The van der Waals surface area contributed by atoms with Gasteiger partial charge in [-0.2, -0.15) is 0 Å². The van der Waals surface area contributed by atoms with Gasteiger partial charge in [-0.25, -0.2) is 4.79 Å². The minimum Gasteiger partial charge on any atom is -0.351 e. The average Bonchev–Trinajstić information content (AvgIpc) is 2.95. The summed E-state index contributed by atoms with van der Waals surface area (Å²) in [5, 5.41) is 5.40. The van der Waals surface area contributed by atoms with Crippen LogP contribution in [-0.2, 0) is 4.79 Å². The van der Waals surface area contributed by atoms with Gasteiger partial charge in [0.05, 0.1) is 0 Å². The number of nitrogens with two attached hydrogens (primary N) is 1. The summed E-state index contributed by atoms with van der Waals surface area (Å²) in [6.07, 6.45) is 3.35. The minimum atomic E-state index is -0.612. The molecule has 2 aliphatic carbocycles. The second kappa shape index (κ2) is 4.57. The fourth-order valence-electron chi connectivity index (χ4n) is 2.99. The third-order valence-electron chi connectivity index (χ3n) is 4.01. The number of urea groups is 1. The molecule has 5 heteroatoms. The minimum absolute atomic E-state index is 0.0865. The largest absolute Gasteiger partial charge is 0.351 e. The molecule has 0 bridgehead atoms. The molecule has 4 N–H and O–H groups in total. The second-order valence-corrected chi connectivity index (χ2v) is 5.48. The standard InChI is InChI=1S/C14H17N3O2/c15-14(19)17-12-3-1-2-11(7-12)16-13(18)10-5-8-4-9(8)6-10/h1-3,7-10H,4-6H2,(H,16,18)(H3,15,17,19). The van der Waals surface area contributed by atoms with Crippen molar-refractivity contribution in [3.63, 3.8) is 0 Å². The van der Waals surface area contributed by atoms with Crippen molar-refractivity contribution >= 4 is 23.3 Å². The van der Waals surface area contributed by atoms with Crippen molar-refractivity contribution in [1.82, 2.24) is 0 Å². The van der Waals surface area contributed by atoms with Crippen molar-refractivity contribution in [3.05, 3.63) is 24.3 Å². The zero-order chi connectivity index (χ0) is 13.4. The number of carbonyl (C=O) groups excluding carboxylic acids is 2. The lowest BCUT2D eigenvalue weighted by Gasteiger charge is -2.13. The quantitative estimate of drug-likeness (QED) is 0.777. The van der Waals surface area contributed by atoms with Gasteiger partial charge >= 0.3 is 6.03 Å². The number of benzene rings is 1. The van der Waals surface area contributed by atoms with E-state index in [4.69, 9.17) is 5.73 Å². The predicted molar refractivity (Wildman–Crippen MR) is 72.6 cm³/mol. The Hall–Kier alpha value is -2.04. The van der Waals surface area contributed by atoms with E-state index in [1.54, 1.807) is 24.3 Å². The van der Waals surface area contributed by atoms with Gasteiger partial charge in [-0.15, -0.1) is 0 Å². The third-order valence-corrected chi connectivity index (χ3v) is 4.01. The van der Waals surface area contributed by atoms with Crippen LogP contribution in [-0.4, -0.2) is 11.9 Å². The molecule has 100 valence electrons. The first-order chi connectivity index (χ1) is 9.11. The molecule has 1 aromatic carbocycles. The molecule has 0 aromatic heterocycles. The Bertz CT molecular complexity index is 519. The number of carbonyl (C=O) groups is 2. The molecule has 2 unspecified atom stereocenters. The smallest absolute Gasteiger partial charge is 0.316 e. The van der Waals surface area contributed by atoms with Crippen molar-refractivity contribution in [2.24, 2.45) is 23.5 Å². The summed E-state index contributed by atoms with van der Waals surface area (Å²) in [6.45, 7) is 0. The highest BCUT2D eigenvalue weighted by molar-refractivity contribution is 5.94. The van der Waals surface area contributed by atoms with Crippen molar-refractivity contribution in [3.8, 4) is 0 Å². The van der Waals surface area contributed by atoms with Gasteiger partial charge in [0, 0.05) is 17.3 Å². The fourth-order valence-corrected chi connectivity index (χ4v) is 2.99. The van der Waals surface area contributed by atoms with Crippen molar-refractivity contribution < 1.29 is 9.59 Å². The van der Waals surface area contributed by atoms with Gasteiger partial charge in [-0.1, -0.05) is 6.07 Å². The lowest BCUT2D eigenvalue weighted by Crippen LogP contribution is -2.22. The monoisotopic (exact) mass is 259 g/mol. The van der Waals surface area contributed by atoms with E-state index < -0.39 is 6.03 Å². The first-order valence-electron chi connectivity index (χ1n) is 6.59. The zero-order valence-electron chi connectivity index (χ0n) is 10.6. The summed E-state index contributed by atoms with van der Waals surface area (Å²) < 4.78 is 0. The molecular formula is C14H17N3O2. The molecule has 5 nitrogen and oxygen atoms in total. The van der Waals surface area contributed by atoms with Gasteiger partial charge in [0.2, 0.25) is 5.91 Å². The number of fused-ring (bicyclic) bond motifs is 1. The van der Waals surface area contributed by atoms with Crippen LogP contribution < -0.4 is 16.4 Å². The second-order valence-electron chi connectivity index (χ2n) is 5.48. The molecule has 0 aliphatic heterocycles. The molecule has 0 spiro atoms. The summed E-state index contributed by atoms with van der Waals surface area (Å²) in [4.78, 5) is 22.9. The van der Waals surface area contributed by atoms with Crippen LogP contribution in [0.25, 0.3) is 0 Å². The van der Waals surface area contributed by atoms with E-state index in [2.05, 4.69) is 10.6 Å². The topological polar surface area (TPSA) is 84.2 Å². The van der Waals surface area contributed by atoms with Crippen LogP contribution in [0.5, 0.6) is 0 Å². The van der Waals surface area contributed by atoms with Gasteiger partial charge < -0.3 is 16.4 Å². The van der Waals surface area contributed by atoms with E-state index in [1.807, 2.05) is 0 Å². The van der Waals surface area contributed by atoms with Crippen LogP contribution in [0.3, 0.4) is 0 Å². The number of amides is 3. The maximum atomic E-state index is 12.1. The Kier molecular flexibility index (Phi) is 2.89. The molecule has 2 fully saturated rings. The van der Waals surface area contributed by atoms with Crippen LogP contribution in [0.2, 0.25) is 0 Å². The Morgan fingerprint density at radius 2 is 1.68 bits per heavy atom. The molecule has 2 atom stereocenters. The Balaban J connectivity index is 1.62. The lowest BCUT2D eigenvalue weighted by molar-refractivity contribution is -0.120. The van der Waals surface area contributed by atoms with E-state index in [9.17, 15) is 9.59 Å². The first-order valence-corrected chi connectivity index (χ1v) is 6.59. The summed E-state index contributed by atoms with van der Waals surface area (Å²) in [7, 11) is 0. The van der Waals surface area contributed by atoms with Crippen molar-refractivity contribution in [2.75, 3.05) is 10.6 Å². The molecule has 19 heavy (non-hydrogen) atoms. The molecule has 1 aromatic rings. The molecule has 2 aliphatic rings. The number of anilines is 2. The number of hydrogen-bond donors (Lipinski definition) is 3. The number of primary amides is 1. The highest BCUT2D eigenvalue weighted by atomic mass is 16.2. The molecule has 0 radical (unpaired) electrons. The van der Waals surface area contributed by atoms with Gasteiger partial charge in [-0.05, 0) is 49.3 Å². The predicted octanol–water partition coefficient (Wildman–Crippen LogP) is 2.16. The van der Waals surface area contributed by atoms with Gasteiger partial charge in [0.25, 0.3) is 0 Å². The van der Waals surface area contributed by atoms with Crippen LogP contribution in [0.4, 0.5) is 16.2 Å². The molecule has 2 saturated carbocycles. The normalized spacial score (nSPS) is 27.5. The average molecular weight is 259 g/mol. The zero-order valence-corrected chi connectivity index (χ0v) is 10.6. The van der Waals surface area contributed by atoms with Gasteiger partial charge in [-0.3, -0.25) is 4.79 Å². The summed E-state index contributed by atoms with van der Waals surface area (Å²) in [5.74, 6) is 1.82. The van der Waals surface area contributed by atoms with Crippen molar-refractivity contribution in [1.29, 1.82) is 0 Å². The number of hydrogen-bond acceptors (Lipinski definition) is 2. The summed E-state index contributed by atoms with van der Waals surface area (Å²) >= 11 is 0. The van der Waals surface area contributed by atoms with E-state index in [1.165, 1.54) is 6.42 Å².